The molecule has 2 aromatic heterocycles. The van der Waals surface area contributed by atoms with Crippen molar-refractivity contribution in [1.82, 2.24) is 4.98 Å². The molecule has 0 spiro atoms. The summed E-state index contributed by atoms with van der Waals surface area (Å²) in [5.41, 5.74) is 4.84. The molecule has 1 aromatic carbocycles. The molecule has 0 fully saturated rings. The number of nitrogens with two attached hydrogens (primary N) is 1. The Bertz CT molecular complexity index is 1020. The molecule has 0 radical (unpaired) electrons. The van der Waals surface area contributed by atoms with Crippen molar-refractivity contribution in [3.05, 3.63) is 52.1 Å². The number of fused-ring (bicyclic) bond motifs is 1. The highest BCUT2D eigenvalue weighted by molar-refractivity contribution is 7.21. The molecule has 0 bridgehead atoms. The molecule has 0 aliphatic heterocycles. The molecule has 0 saturated heterocycles. The number of pyridine rings is 1. The van der Waals surface area contributed by atoms with Crippen LogP contribution in [-0.4, -0.2) is 22.5 Å². The fraction of sp³-hybridized carbons (Fsp3) is 0.211. The first kappa shape index (κ1) is 19.1. The van der Waals surface area contributed by atoms with E-state index in [4.69, 9.17) is 26.8 Å². The summed E-state index contributed by atoms with van der Waals surface area (Å²) in [7, 11) is 0. The maximum absolute atomic E-state index is 12.8. The van der Waals surface area contributed by atoms with Crippen molar-refractivity contribution in [1.29, 1.82) is 0 Å². The number of nitrogens with zero attached hydrogens (tertiary/aromatic N) is 1. The normalized spacial score (nSPS) is 11.4. The van der Waals surface area contributed by atoms with E-state index in [0.717, 1.165) is 11.3 Å². The Morgan fingerprint density at radius 3 is 2.41 bits per heavy atom. The summed E-state index contributed by atoms with van der Waals surface area (Å²) < 4.78 is 11.9. The van der Waals surface area contributed by atoms with Gasteiger partial charge < -0.3 is 15.2 Å². The SMILES string of the molecule is CC(C)(C)OC(=O)c1c(C(N)=O)sc2cncc(Oc3ccc(Cl)cc3)c12. The zero-order valence-corrected chi connectivity index (χ0v) is 16.5. The number of rotatable bonds is 4. The Hall–Kier alpha value is -2.64. The van der Waals surface area contributed by atoms with Gasteiger partial charge in [0.15, 0.2) is 5.75 Å². The third-order valence-electron chi connectivity index (χ3n) is 3.43. The number of thiophene rings is 1. The topological polar surface area (TPSA) is 91.5 Å². The molecule has 0 aliphatic carbocycles. The van der Waals surface area contributed by atoms with Crippen LogP contribution in [0.15, 0.2) is 36.7 Å². The Balaban J connectivity index is 2.16. The minimum absolute atomic E-state index is 0.0868. The molecule has 2 N–H and O–H groups in total. The lowest BCUT2D eigenvalue weighted by Gasteiger charge is -2.19. The van der Waals surface area contributed by atoms with Crippen molar-refractivity contribution in [3.8, 4) is 11.5 Å². The molecule has 2 heterocycles. The quantitative estimate of drug-likeness (QED) is 0.631. The van der Waals surface area contributed by atoms with Gasteiger partial charge in [-0.15, -0.1) is 11.3 Å². The molecule has 0 atom stereocenters. The van der Waals surface area contributed by atoms with E-state index in [9.17, 15) is 9.59 Å². The Morgan fingerprint density at radius 1 is 1.15 bits per heavy atom. The van der Waals surface area contributed by atoms with E-state index < -0.39 is 17.5 Å². The van der Waals surface area contributed by atoms with Gasteiger partial charge in [0.05, 0.1) is 21.8 Å². The molecule has 1 amide bonds. The van der Waals surface area contributed by atoms with Gasteiger partial charge in [0, 0.05) is 11.2 Å². The van der Waals surface area contributed by atoms with Crippen LogP contribution in [0.5, 0.6) is 11.5 Å². The number of halogens is 1. The third-order valence-corrected chi connectivity index (χ3v) is 4.82. The van der Waals surface area contributed by atoms with Crippen LogP contribution in [0.2, 0.25) is 5.02 Å². The maximum Gasteiger partial charge on any atom is 0.341 e. The summed E-state index contributed by atoms with van der Waals surface area (Å²) in [4.78, 5) is 28.9. The highest BCUT2D eigenvalue weighted by Gasteiger charge is 2.29. The molecule has 6 nitrogen and oxygen atoms in total. The fourth-order valence-corrected chi connectivity index (χ4v) is 3.58. The molecular weight excluding hydrogens is 388 g/mol. The molecule has 0 saturated carbocycles. The number of carbonyl (C=O) groups is 2. The Labute approximate surface area is 164 Å². The van der Waals surface area contributed by atoms with E-state index in [1.807, 2.05) is 0 Å². The van der Waals surface area contributed by atoms with Gasteiger partial charge >= 0.3 is 5.97 Å². The lowest BCUT2D eigenvalue weighted by atomic mass is 10.1. The summed E-state index contributed by atoms with van der Waals surface area (Å²) in [6.07, 6.45) is 3.03. The summed E-state index contributed by atoms with van der Waals surface area (Å²) in [6, 6.07) is 6.74. The second-order valence-electron chi connectivity index (χ2n) is 6.74. The highest BCUT2D eigenvalue weighted by atomic mass is 35.5. The lowest BCUT2D eigenvalue weighted by molar-refractivity contribution is 0.00705. The van der Waals surface area contributed by atoms with Gasteiger partial charge in [-0.3, -0.25) is 9.78 Å². The van der Waals surface area contributed by atoms with E-state index >= 15 is 0 Å². The van der Waals surface area contributed by atoms with E-state index in [1.165, 1.54) is 6.20 Å². The minimum atomic E-state index is -0.732. The second kappa shape index (κ2) is 7.17. The van der Waals surface area contributed by atoms with E-state index in [1.54, 1.807) is 51.2 Å². The van der Waals surface area contributed by atoms with Crippen LogP contribution in [0.3, 0.4) is 0 Å². The number of primary amides is 1. The van der Waals surface area contributed by atoms with Gasteiger partial charge in [0.25, 0.3) is 5.91 Å². The number of amides is 1. The van der Waals surface area contributed by atoms with Crippen molar-refractivity contribution in [2.24, 2.45) is 5.73 Å². The van der Waals surface area contributed by atoms with Gasteiger partial charge in [-0.25, -0.2) is 4.79 Å². The van der Waals surface area contributed by atoms with Crippen LogP contribution < -0.4 is 10.5 Å². The molecule has 8 heteroatoms. The first-order chi connectivity index (χ1) is 12.7. The predicted octanol–water partition coefficient (Wildman–Crippen LogP) is 4.80. The summed E-state index contributed by atoms with van der Waals surface area (Å²) >= 11 is 6.97. The van der Waals surface area contributed by atoms with E-state index in [0.29, 0.717) is 26.6 Å². The van der Waals surface area contributed by atoms with Gasteiger partial charge in [-0.1, -0.05) is 11.6 Å². The highest BCUT2D eigenvalue weighted by Crippen LogP contribution is 2.39. The number of esters is 1. The first-order valence-corrected chi connectivity index (χ1v) is 9.22. The Kier molecular flexibility index (Phi) is 5.08. The number of aromatic nitrogens is 1. The van der Waals surface area contributed by atoms with Crippen LogP contribution in [0.4, 0.5) is 0 Å². The van der Waals surface area contributed by atoms with Crippen molar-refractivity contribution in [2.75, 3.05) is 0 Å². The number of carbonyl (C=O) groups excluding carboxylic acids is 2. The zero-order chi connectivity index (χ0) is 19.8. The largest absolute Gasteiger partial charge is 0.456 e. The number of ether oxygens (including phenoxy) is 2. The summed E-state index contributed by atoms with van der Waals surface area (Å²) in [6.45, 7) is 5.24. The third kappa shape index (κ3) is 4.20. The molecular formula is C19H17ClN2O4S. The average molecular weight is 405 g/mol. The molecule has 0 aliphatic rings. The van der Waals surface area contributed by atoms with E-state index in [-0.39, 0.29) is 10.4 Å². The van der Waals surface area contributed by atoms with Crippen LogP contribution >= 0.6 is 22.9 Å². The van der Waals surface area contributed by atoms with E-state index in [2.05, 4.69) is 4.98 Å². The summed E-state index contributed by atoms with van der Waals surface area (Å²) in [5.74, 6) is -0.528. The zero-order valence-electron chi connectivity index (χ0n) is 14.9. The van der Waals surface area contributed by atoms with Gasteiger partial charge in [0.2, 0.25) is 0 Å². The number of hydrogen-bond acceptors (Lipinski definition) is 6. The maximum atomic E-state index is 12.8. The van der Waals surface area contributed by atoms with Crippen LogP contribution in [0.25, 0.3) is 10.1 Å². The molecule has 3 rings (SSSR count). The number of hydrogen-bond donors (Lipinski definition) is 1. The smallest absolute Gasteiger partial charge is 0.341 e. The second-order valence-corrected chi connectivity index (χ2v) is 8.23. The standard InChI is InChI=1S/C19H17ClN2O4S/c1-19(2,3)26-18(24)15-14-12(25-11-6-4-10(20)5-7-11)8-22-9-13(14)27-16(15)17(21)23/h4-9H,1-3H3,(H2,21,23). The monoisotopic (exact) mass is 404 g/mol. The Morgan fingerprint density at radius 2 is 1.81 bits per heavy atom. The molecule has 0 unspecified atom stereocenters. The van der Waals surface area contributed by atoms with Crippen LogP contribution in [0.1, 0.15) is 40.8 Å². The van der Waals surface area contributed by atoms with Gasteiger partial charge in [-0.2, -0.15) is 0 Å². The van der Waals surface area contributed by atoms with Crippen LogP contribution in [0, 0.1) is 0 Å². The van der Waals surface area contributed by atoms with Crippen LogP contribution in [-0.2, 0) is 4.74 Å². The van der Waals surface area contributed by atoms with Crippen molar-refractivity contribution in [2.45, 2.75) is 26.4 Å². The lowest BCUT2D eigenvalue weighted by Crippen LogP contribution is -2.25. The summed E-state index contributed by atoms with van der Waals surface area (Å²) in [5, 5.41) is 1.01. The van der Waals surface area contributed by atoms with Crippen molar-refractivity contribution < 1.29 is 19.1 Å². The van der Waals surface area contributed by atoms with Gasteiger partial charge in [-0.05, 0) is 45.0 Å². The minimum Gasteiger partial charge on any atom is -0.456 e. The fourth-order valence-electron chi connectivity index (χ4n) is 2.43. The average Bonchev–Trinajstić information content (AvgIpc) is 2.96. The molecule has 27 heavy (non-hydrogen) atoms. The van der Waals surface area contributed by atoms with Crippen molar-refractivity contribution in [3.63, 3.8) is 0 Å². The van der Waals surface area contributed by atoms with Crippen molar-refractivity contribution >= 4 is 44.9 Å². The molecule has 140 valence electrons. The first-order valence-electron chi connectivity index (χ1n) is 8.03. The van der Waals surface area contributed by atoms with Gasteiger partial charge in [0.1, 0.15) is 16.2 Å². The molecule has 3 aromatic rings. The number of benzene rings is 1. The predicted molar refractivity (Wildman–Crippen MR) is 105 cm³/mol.